The van der Waals surface area contributed by atoms with E-state index < -0.39 is 5.97 Å². The molecule has 124 valence electrons. The molecule has 1 aromatic heterocycles. The van der Waals surface area contributed by atoms with Gasteiger partial charge in [0.15, 0.2) is 5.82 Å². The number of hydrogen-bond acceptors (Lipinski definition) is 6. The Bertz CT molecular complexity index is 618. The highest BCUT2D eigenvalue weighted by Crippen LogP contribution is 2.21. The molecule has 0 spiro atoms. The Labute approximate surface area is 139 Å². The lowest BCUT2D eigenvalue weighted by atomic mass is 10.0. The predicted molar refractivity (Wildman–Crippen MR) is 89.8 cm³/mol. The van der Waals surface area contributed by atoms with Gasteiger partial charge in [-0.2, -0.15) is 4.37 Å². The van der Waals surface area contributed by atoms with Crippen molar-refractivity contribution in [3.63, 3.8) is 0 Å². The number of carboxylic acids is 1. The monoisotopic (exact) mass is 335 g/mol. The Morgan fingerprint density at radius 2 is 2.13 bits per heavy atom. The highest BCUT2D eigenvalue weighted by atomic mass is 32.1. The van der Waals surface area contributed by atoms with Gasteiger partial charge in [0.2, 0.25) is 5.13 Å². The van der Waals surface area contributed by atoms with Gasteiger partial charge < -0.3 is 15.2 Å². The molecule has 0 saturated heterocycles. The number of methoxy groups -OCH3 is 1. The highest BCUT2D eigenvalue weighted by molar-refractivity contribution is 7.09. The van der Waals surface area contributed by atoms with Gasteiger partial charge in [0.05, 0.1) is 0 Å². The van der Waals surface area contributed by atoms with Gasteiger partial charge in [0.25, 0.3) is 0 Å². The highest BCUT2D eigenvalue weighted by Gasteiger charge is 2.16. The number of rotatable bonds is 9. The number of aliphatic carboxylic acids is 1. The minimum absolute atomic E-state index is 0.00727. The Kier molecular flexibility index (Phi) is 6.49. The summed E-state index contributed by atoms with van der Waals surface area (Å²) >= 11 is 1.27. The van der Waals surface area contributed by atoms with Gasteiger partial charge in [-0.25, -0.2) is 4.98 Å². The fourth-order valence-corrected chi connectivity index (χ4v) is 2.88. The van der Waals surface area contributed by atoms with E-state index in [9.17, 15) is 4.79 Å². The van der Waals surface area contributed by atoms with E-state index in [0.29, 0.717) is 17.4 Å². The molecule has 0 amide bonds. The van der Waals surface area contributed by atoms with Crippen LogP contribution in [0.15, 0.2) is 30.3 Å². The molecule has 2 aromatic rings. The third-order valence-electron chi connectivity index (χ3n) is 3.52. The number of nitrogens with one attached hydrogen (secondary N) is 1. The summed E-state index contributed by atoms with van der Waals surface area (Å²) in [6, 6.07) is 9.99. The number of benzene rings is 1. The molecule has 7 heteroatoms. The fraction of sp³-hybridized carbons (Fsp3) is 0.438. The zero-order chi connectivity index (χ0) is 16.7. The average Bonchev–Trinajstić information content (AvgIpc) is 3.01. The smallest absolute Gasteiger partial charge is 0.303 e. The van der Waals surface area contributed by atoms with E-state index in [-0.39, 0.29) is 18.6 Å². The number of anilines is 1. The van der Waals surface area contributed by atoms with Crippen LogP contribution in [0.3, 0.4) is 0 Å². The number of aromatic nitrogens is 2. The normalized spacial score (nSPS) is 13.5. The van der Waals surface area contributed by atoms with Crippen LogP contribution in [0, 0.1) is 0 Å². The van der Waals surface area contributed by atoms with E-state index in [4.69, 9.17) is 9.84 Å². The van der Waals surface area contributed by atoms with E-state index in [2.05, 4.69) is 14.7 Å². The first-order valence-electron chi connectivity index (χ1n) is 7.47. The lowest BCUT2D eigenvalue weighted by Crippen LogP contribution is -2.23. The molecule has 0 aliphatic carbocycles. The van der Waals surface area contributed by atoms with Crippen molar-refractivity contribution in [2.24, 2.45) is 0 Å². The first kappa shape index (κ1) is 17.4. The summed E-state index contributed by atoms with van der Waals surface area (Å²) in [5, 5.41) is 12.9. The van der Waals surface area contributed by atoms with E-state index in [1.807, 2.05) is 37.3 Å². The molecule has 1 heterocycles. The second kappa shape index (κ2) is 8.59. The summed E-state index contributed by atoms with van der Waals surface area (Å²) in [6.07, 6.45) is 1.22. The minimum atomic E-state index is -0.796. The molecule has 0 aliphatic rings. The molecule has 2 N–H and O–H groups in total. The van der Waals surface area contributed by atoms with Crippen LogP contribution >= 0.6 is 11.5 Å². The van der Waals surface area contributed by atoms with Gasteiger partial charge in [-0.3, -0.25) is 4.79 Å². The van der Waals surface area contributed by atoms with Crippen LogP contribution in [0.25, 0.3) is 0 Å². The zero-order valence-electron chi connectivity index (χ0n) is 13.2. The number of ether oxygens (including phenoxy) is 1. The van der Waals surface area contributed by atoms with Crippen LogP contribution in [-0.4, -0.2) is 33.6 Å². The molecule has 0 saturated carbocycles. The van der Waals surface area contributed by atoms with Gasteiger partial charge in [0, 0.05) is 31.1 Å². The molecular weight excluding hydrogens is 314 g/mol. The van der Waals surface area contributed by atoms with Crippen molar-refractivity contribution < 1.29 is 14.6 Å². The summed E-state index contributed by atoms with van der Waals surface area (Å²) < 4.78 is 9.47. The number of nitrogens with zero attached hydrogens (tertiary/aromatic N) is 2. The predicted octanol–water partition coefficient (Wildman–Crippen LogP) is 3.13. The fourth-order valence-electron chi connectivity index (χ4n) is 2.16. The van der Waals surface area contributed by atoms with E-state index in [1.165, 1.54) is 11.5 Å². The summed E-state index contributed by atoms with van der Waals surface area (Å²) in [7, 11) is 1.61. The quantitative estimate of drug-likeness (QED) is 0.732. The maximum absolute atomic E-state index is 10.9. The third-order valence-corrected chi connectivity index (χ3v) is 4.18. The minimum Gasteiger partial charge on any atom is -0.481 e. The molecule has 2 rings (SSSR count). The maximum atomic E-state index is 10.9. The number of carbonyl (C=O) groups is 1. The molecule has 6 nitrogen and oxygen atoms in total. The Morgan fingerprint density at radius 1 is 1.39 bits per heavy atom. The SMILES string of the molecule is COC(C)c1nsc(NC(CCC(=O)O)Cc2ccccc2)n1. The van der Waals surface area contributed by atoms with Crippen LogP contribution in [0.1, 0.15) is 37.3 Å². The van der Waals surface area contributed by atoms with Crippen molar-refractivity contribution in [3.8, 4) is 0 Å². The van der Waals surface area contributed by atoms with Gasteiger partial charge in [-0.05, 0) is 25.3 Å². The summed E-state index contributed by atoms with van der Waals surface area (Å²) in [5.41, 5.74) is 1.16. The molecule has 1 aromatic carbocycles. The van der Waals surface area contributed by atoms with Crippen LogP contribution in [-0.2, 0) is 16.0 Å². The molecule has 0 fully saturated rings. The van der Waals surface area contributed by atoms with Gasteiger partial charge in [-0.1, -0.05) is 30.3 Å². The summed E-state index contributed by atoms with van der Waals surface area (Å²) in [5.74, 6) is -0.160. The molecule has 0 bridgehead atoms. The first-order chi connectivity index (χ1) is 11.1. The standard InChI is InChI=1S/C16H21N3O3S/c1-11(22-2)15-18-16(23-19-15)17-13(8-9-14(20)21)10-12-6-4-3-5-7-12/h3-7,11,13H,8-10H2,1-2H3,(H,20,21)(H,17,18,19). The number of carboxylic acid groups (broad SMARTS) is 1. The molecule has 2 unspecified atom stereocenters. The second-order valence-electron chi connectivity index (χ2n) is 5.30. The second-order valence-corrected chi connectivity index (χ2v) is 6.05. The van der Waals surface area contributed by atoms with Crippen molar-refractivity contribution in [2.45, 2.75) is 38.3 Å². The van der Waals surface area contributed by atoms with Crippen molar-refractivity contribution in [1.82, 2.24) is 9.36 Å². The number of hydrogen-bond donors (Lipinski definition) is 2. The average molecular weight is 335 g/mol. The Balaban J connectivity index is 2.04. The van der Waals surface area contributed by atoms with Crippen molar-refractivity contribution in [1.29, 1.82) is 0 Å². The van der Waals surface area contributed by atoms with E-state index >= 15 is 0 Å². The first-order valence-corrected chi connectivity index (χ1v) is 8.24. The van der Waals surface area contributed by atoms with E-state index in [1.54, 1.807) is 7.11 Å². The van der Waals surface area contributed by atoms with Crippen LogP contribution in [0.2, 0.25) is 0 Å². The van der Waals surface area contributed by atoms with Crippen molar-refractivity contribution in [2.75, 3.05) is 12.4 Å². The maximum Gasteiger partial charge on any atom is 0.303 e. The van der Waals surface area contributed by atoms with Gasteiger partial charge in [-0.15, -0.1) is 0 Å². The van der Waals surface area contributed by atoms with Crippen molar-refractivity contribution in [3.05, 3.63) is 41.7 Å². The summed E-state index contributed by atoms with van der Waals surface area (Å²) in [4.78, 5) is 15.3. The largest absolute Gasteiger partial charge is 0.481 e. The Morgan fingerprint density at radius 3 is 2.78 bits per heavy atom. The molecule has 2 atom stereocenters. The third kappa shape index (κ3) is 5.61. The lowest BCUT2D eigenvalue weighted by Gasteiger charge is -2.17. The summed E-state index contributed by atoms with van der Waals surface area (Å²) in [6.45, 7) is 1.89. The molecular formula is C16H21N3O3S. The van der Waals surface area contributed by atoms with Gasteiger partial charge >= 0.3 is 5.97 Å². The zero-order valence-corrected chi connectivity index (χ0v) is 14.0. The van der Waals surface area contributed by atoms with Crippen LogP contribution < -0.4 is 5.32 Å². The Hall–Kier alpha value is -1.99. The molecule has 0 aliphatic heterocycles. The van der Waals surface area contributed by atoms with E-state index in [0.717, 1.165) is 12.0 Å². The molecule has 23 heavy (non-hydrogen) atoms. The topological polar surface area (TPSA) is 84.3 Å². The van der Waals surface area contributed by atoms with Crippen LogP contribution in [0.5, 0.6) is 0 Å². The lowest BCUT2D eigenvalue weighted by molar-refractivity contribution is -0.137. The van der Waals surface area contributed by atoms with Crippen molar-refractivity contribution >= 4 is 22.6 Å². The van der Waals surface area contributed by atoms with Crippen LogP contribution in [0.4, 0.5) is 5.13 Å². The van der Waals surface area contributed by atoms with Gasteiger partial charge in [0.1, 0.15) is 6.10 Å². The molecule has 0 radical (unpaired) electrons.